The Balaban J connectivity index is 2.12. The molecular weight excluding hydrogens is 232 g/mol. The van der Waals surface area contributed by atoms with Gasteiger partial charge in [-0.05, 0) is 46.1 Å². The van der Waals surface area contributed by atoms with Gasteiger partial charge in [0.2, 0.25) is 5.91 Å². The number of rotatable bonds is 0. The summed E-state index contributed by atoms with van der Waals surface area (Å²) in [6.45, 7) is 7.11. The summed E-state index contributed by atoms with van der Waals surface area (Å²) in [6, 6.07) is -0.0325. The van der Waals surface area contributed by atoms with Crippen molar-refractivity contribution in [2.45, 2.75) is 51.7 Å². The van der Waals surface area contributed by atoms with Crippen LogP contribution in [0.3, 0.4) is 0 Å². The third kappa shape index (κ3) is 2.83. The predicted octanol–water partition coefficient (Wildman–Crippen LogP) is 1.52. The molecule has 0 aromatic carbocycles. The maximum absolute atomic E-state index is 12.1. The molecule has 2 saturated heterocycles. The van der Waals surface area contributed by atoms with Gasteiger partial charge in [-0.1, -0.05) is 0 Å². The van der Waals surface area contributed by atoms with Gasteiger partial charge in [-0.25, -0.2) is 9.69 Å². The Bertz CT molecular complexity index is 349. The van der Waals surface area contributed by atoms with E-state index in [-0.39, 0.29) is 11.9 Å². The van der Waals surface area contributed by atoms with Crippen molar-refractivity contribution in [3.8, 4) is 0 Å². The third-order valence-corrected chi connectivity index (χ3v) is 3.51. The van der Waals surface area contributed by atoms with Gasteiger partial charge >= 0.3 is 6.09 Å². The summed E-state index contributed by atoms with van der Waals surface area (Å²) in [5.74, 6) is 0.325. The molecule has 0 unspecified atom stereocenters. The molecule has 102 valence electrons. The van der Waals surface area contributed by atoms with Gasteiger partial charge < -0.3 is 10.1 Å². The Morgan fingerprint density at radius 1 is 1.39 bits per heavy atom. The second-order valence-corrected chi connectivity index (χ2v) is 6.10. The number of carbonyl (C=O) groups excluding carboxylic acids is 2. The van der Waals surface area contributed by atoms with E-state index < -0.39 is 11.7 Å². The van der Waals surface area contributed by atoms with E-state index in [1.165, 1.54) is 4.90 Å². The van der Waals surface area contributed by atoms with Crippen LogP contribution in [0.5, 0.6) is 0 Å². The number of amides is 2. The van der Waals surface area contributed by atoms with Crippen molar-refractivity contribution in [2.24, 2.45) is 5.92 Å². The molecule has 2 rings (SSSR count). The highest BCUT2D eigenvalue weighted by molar-refractivity contribution is 5.93. The van der Waals surface area contributed by atoms with E-state index in [9.17, 15) is 9.59 Å². The van der Waals surface area contributed by atoms with E-state index in [1.54, 1.807) is 0 Å². The van der Waals surface area contributed by atoms with E-state index in [0.29, 0.717) is 18.9 Å². The van der Waals surface area contributed by atoms with Crippen LogP contribution in [0.15, 0.2) is 0 Å². The fourth-order valence-corrected chi connectivity index (χ4v) is 2.70. The van der Waals surface area contributed by atoms with E-state index in [1.807, 2.05) is 20.8 Å². The van der Waals surface area contributed by atoms with Gasteiger partial charge in [-0.3, -0.25) is 4.79 Å². The maximum atomic E-state index is 12.1. The molecule has 2 atom stereocenters. The molecule has 0 saturated carbocycles. The van der Waals surface area contributed by atoms with Crippen LogP contribution in [0.1, 0.15) is 40.0 Å². The van der Waals surface area contributed by atoms with E-state index >= 15 is 0 Å². The first kappa shape index (κ1) is 13.3. The Kier molecular flexibility index (Phi) is 3.61. The van der Waals surface area contributed by atoms with Crippen molar-refractivity contribution in [3.63, 3.8) is 0 Å². The van der Waals surface area contributed by atoms with Crippen molar-refractivity contribution in [2.75, 3.05) is 13.1 Å². The molecule has 2 heterocycles. The molecule has 1 N–H and O–H groups in total. The molecule has 0 bridgehead atoms. The normalized spacial score (nSPS) is 28.8. The number of fused-ring (bicyclic) bond motifs is 1. The minimum absolute atomic E-state index is 0.0325. The van der Waals surface area contributed by atoms with Gasteiger partial charge in [0.15, 0.2) is 0 Å². The van der Waals surface area contributed by atoms with E-state index in [2.05, 4.69) is 5.32 Å². The van der Waals surface area contributed by atoms with Crippen LogP contribution in [0.4, 0.5) is 4.79 Å². The number of carbonyl (C=O) groups is 2. The number of likely N-dealkylation sites (tertiary alicyclic amines) is 1. The summed E-state index contributed by atoms with van der Waals surface area (Å²) in [6.07, 6.45) is 1.88. The molecule has 0 spiro atoms. The van der Waals surface area contributed by atoms with Gasteiger partial charge in [-0.2, -0.15) is 0 Å². The first-order valence-corrected chi connectivity index (χ1v) is 6.64. The second-order valence-electron chi connectivity index (χ2n) is 6.10. The topological polar surface area (TPSA) is 58.6 Å². The highest BCUT2D eigenvalue weighted by atomic mass is 16.6. The molecule has 5 heteroatoms. The van der Waals surface area contributed by atoms with Crippen LogP contribution in [-0.2, 0) is 9.53 Å². The average molecular weight is 254 g/mol. The molecule has 0 aromatic rings. The molecule has 0 aromatic heterocycles. The lowest BCUT2D eigenvalue weighted by atomic mass is 9.84. The van der Waals surface area contributed by atoms with Crippen LogP contribution in [-0.4, -0.2) is 41.6 Å². The van der Waals surface area contributed by atoms with Crippen molar-refractivity contribution >= 4 is 12.0 Å². The first-order chi connectivity index (χ1) is 8.38. The zero-order valence-corrected chi connectivity index (χ0v) is 11.4. The monoisotopic (exact) mass is 254 g/mol. The van der Waals surface area contributed by atoms with Gasteiger partial charge in [0.25, 0.3) is 0 Å². The molecule has 0 aliphatic carbocycles. The summed E-state index contributed by atoms with van der Waals surface area (Å²) in [4.78, 5) is 25.4. The largest absolute Gasteiger partial charge is 0.443 e. The quantitative estimate of drug-likeness (QED) is 0.712. The lowest BCUT2D eigenvalue weighted by Gasteiger charge is -2.42. The summed E-state index contributed by atoms with van der Waals surface area (Å²) in [5, 5.41) is 3.25. The Morgan fingerprint density at radius 2 is 2.11 bits per heavy atom. The fraction of sp³-hybridized carbons (Fsp3) is 0.846. The Labute approximate surface area is 108 Å². The summed E-state index contributed by atoms with van der Waals surface area (Å²) in [5.41, 5.74) is -0.563. The Morgan fingerprint density at radius 3 is 2.78 bits per heavy atom. The van der Waals surface area contributed by atoms with Crippen LogP contribution in [0.25, 0.3) is 0 Å². The van der Waals surface area contributed by atoms with E-state index in [0.717, 1.165) is 19.4 Å². The number of nitrogens with zero attached hydrogens (tertiary/aromatic N) is 1. The lowest BCUT2D eigenvalue weighted by molar-refractivity contribution is -0.138. The van der Waals surface area contributed by atoms with Crippen molar-refractivity contribution in [1.82, 2.24) is 10.2 Å². The second kappa shape index (κ2) is 4.88. The minimum Gasteiger partial charge on any atom is -0.443 e. The Hall–Kier alpha value is -1.10. The minimum atomic E-state index is -0.563. The molecule has 2 fully saturated rings. The van der Waals surface area contributed by atoms with Crippen molar-refractivity contribution < 1.29 is 14.3 Å². The summed E-state index contributed by atoms with van der Waals surface area (Å²) >= 11 is 0. The lowest BCUT2D eigenvalue weighted by Crippen LogP contribution is -2.59. The van der Waals surface area contributed by atoms with Crippen LogP contribution in [0.2, 0.25) is 0 Å². The number of nitrogens with one attached hydrogen (secondary N) is 1. The molecule has 2 amide bonds. The molecule has 2 aliphatic rings. The standard InChI is InChI=1S/C13H22N2O3/c1-13(2,3)18-12(17)15-10-8-14-7-6-9(10)4-5-11(15)16/h9-10,14H,4-8H2,1-3H3/t9-,10-/m1/s1. The molecule has 0 radical (unpaired) electrons. The van der Waals surface area contributed by atoms with Gasteiger partial charge in [0, 0.05) is 13.0 Å². The molecule has 2 aliphatic heterocycles. The number of hydrogen-bond donors (Lipinski definition) is 1. The van der Waals surface area contributed by atoms with Gasteiger partial charge in [-0.15, -0.1) is 0 Å². The van der Waals surface area contributed by atoms with Crippen LogP contribution >= 0.6 is 0 Å². The predicted molar refractivity (Wildman–Crippen MR) is 67.1 cm³/mol. The highest BCUT2D eigenvalue weighted by Gasteiger charge is 2.42. The number of ether oxygens (including phenoxy) is 1. The molecule has 18 heavy (non-hydrogen) atoms. The van der Waals surface area contributed by atoms with Crippen molar-refractivity contribution in [3.05, 3.63) is 0 Å². The fourth-order valence-electron chi connectivity index (χ4n) is 2.70. The third-order valence-electron chi connectivity index (χ3n) is 3.51. The zero-order chi connectivity index (χ0) is 13.3. The van der Waals surface area contributed by atoms with Crippen LogP contribution < -0.4 is 5.32 Å². The first-order valence-electron chi connectivity index (χ1n) is 6.64. The number of imide groups is 1. The molecule has 5 nitrogen and oxygen atoms in total. The van der Waals surface area contributed by atoms with Gasteiger partial charge in [0.1, 0.15) is 5.60 Å². The zero-order valence-electron chi connectivity index (χ0n) is 11.4. The van der Waals surface area contributed by atoms with Crippen molar-refractivity contribution in [1.29, 1.82) is 0 Å². The number of hydrogen-bond acceptors (Lipinski definition) is 4. The SMILES string of the molecule is CC(C)(C)OC(=O)N1C(=O)CC[C@@H]2CCNC[C@H]21. The summed E-state index contributed by atoms with van der Waals surface area (Å²) in [7, 11) is 0. The van der Waals surface area contributed by atoms with Gasteiger partial charge in [0.05, 0.1) is 6.04 Å². The average Bonchev–Trinajstić information content (AvgIpc) is 2.26. The van der Waals surface area contributed by atoms with Crippen LogP contribution in [0, 0.1) is 5.92 Å². The highest BCUT2D eigenvalue weighted by Crippen LogP contribution is 2.30. The smallest absolute Gasteiger partial charge is 0.417 e. The number of piperidine rings is 2. The molecular formula is C13H22N2O3. The van der Waals surface area contributed by atoms with E-state index in [4.69, 9.17) is 4.74 Å². The maximum Gasteiger partial charge on any atom is 0.417 e. The summed E-state index contributed by atoms with van der Waals surface area (Å²) < 4.78 is 5.33.